The summed E-state index contributed by atoms with van der Waals surface area (Å²) in [5.41, 5.74) is -1.29. The van der Waals surface area contributed by atoms with Crippen LogP contribution in [0.1, 0.15) is 26.2 Å². The average molecular weight is 298 g/mol. The topological polar surface area (TPSA) is 106 Å². The molecule has 6 nitrogen and oxygen atoms in total. The summed E-state index contributed by atoms with van der Waals surface area (Å²) < 4.78 is 45.4. The second-order valence-electron chi connectivity index (χ2n) is 4.77. The van der Waals surface area contributed by atoms with E-state index in [0.29, 0.717) is 0 Å². The molecule has 0 spiro atoms. The van der Waals surface area contributed by atoms with Crippen molar-refractivity contribution in [3.8, 4) is 0 Å². The zero-order valence-corrected chi connectivity index (χ0v) is 11.9. The smallest absolute Gasteiger partial charge is 0.310 e. The molecule has 1 aliphatic rings. The van der Waals surface area contributed by atoms with Crippen LogP contribution in [0.25, 0.3) is 0 Å². The predicted octanol–water partition coefficient (Wildman–Crippen LogP) is 0.0908. The van der Waals surface area contributed by atoms with Gasteiger partial charge in [0.15, 0.2) is 9.84 Å². The molecular weight excluding hydrogens is 280 g/mol. The van der Waals surface area contributed by atoms with E-state index in [0.717, 1.165) is 0 Å². The molecule has 8 heteroatoms. The van der Waals surface area contributed by atoms with Gasteiger partial charge in [0, 0.05) is 5.75 Å². The predicted molar refractivity (Wildman–Crippen MR) is 66.9 cm³/mol. The molecule has 1 heterocycles. The van der Waals surface area contributed by atoms with Gasteiger partial charge in [-0.05, 0) is 19.3 Å². The van der Waals surface area contributed by atoms with Crippen LogP contribution in [0, 0.1) is 5.41 Å². The highest BCUT2D eigenvalue weighted by molar-refractivity contribution is 7.91. The van der Waals surface area contributed by atoms with Crippen LogP contribution in [-0.2, 0) is 24.5 Å². The van der Waals surface area contributed by atoms with Crippen LogP contribution in [0.3, 0.4) is 0 Å². The Morgan fingerprint density at radius 1 is 1.39 bits per heavy atom. The van der Waals surface area contributed by atoms with Crippen molar-refractivity contribution in [2.45, 2.75) is 26.2 Å². The van der Waals surface area contributed by atoms with Gasteiger partial charge in [0.05, 0.1) is 22.7 Å². The van der Waals surface area contributed by atoms with Crippen molar-refractivity contribution < 1.29 is 26.7 Å². The summed E-state index contributed by atoms with van der Waals surface area (Å²) in [6.07, 6.45) is 0.371. The Labute approximate surface area is 107 Å². The quantitative estimate of drug-likeness (QED) is 0.745. The molecule has 0 aromatic rings. The van der Waals surface area contributed by atoms with E-state index in [4.69, 9.17) is 5.11 Å². The van der Waals surface area contributed by atoms with Gasteiger partial charge in [-0.3, -0.25) is 4.79 Å². The fourth-order valence-electron chi connectivity index (χ4n) is 2.16. The van der Waals surface area contributed by atoms with Gasteiger partial charge in [0.2, 0.25) is 0 Å². The first-order valence-corrected chi connectivity index (χ1v) is 9.41. The van der Waals surface area contributed by atoms with Crippen LogP contribution >= 0.6 is 0 Å². The van der Waals surface area contributed by atoms with E-state index in [1.807, 2.05) is 0 Å². The van der Waals surface area contributed by atoms with Gasteiger partial charge < -0.3 is 5.11 Å². The van der Waals surface area contributed by atoms with E-state index in [-0.39, 0.29) is 42.3 Å². The number of carboxylic acid groups (broad SMARTS) is 1. The summed E-state index contributed by atoms with van der Waals surface area (Å²) in [5, 5.41) is 9.17. The van der Waals surface area contributed by atoms with Gasteiger partial charge in [-0.1, -0.05) is 6.92 Å². The Kier molecular flexibility index (Phi) is 4.42. The maximum Gasteiger partial charge on any atom is 0.310 e. The molecular formula is C10H18O6S2. The molecule has 0 bridgehead atoms. The second kappa shape index (κ2) is 5.16. The lowest BCUT2D eigenvalue weighted by Gasteiger charge is -2.21. The third kappa shape index (κ3) is 3.68. The molecule has 1 saturated heterocycles. The number of rotatable bonds is 6. The van der Waals surface area contributed by atoms with Crippen LogP contribution in [0.5, 0.6) is 0 Å². The molecule has 0 radical (unpaired) electrons. The van der Waals surface area contributed by atoms with Gasteiger partial charge in [-0.2, -0.15) is 0 Å². The first-order valence-electron chi connectivity index (χ1n) is 5.77. The molecule has 0 amide bonds. The molecule has 1 aliphatic heterocycles. The summed E-state index contributed by atoms with van der Waals surface area (Å²) in [4.78, 5) is 11.2. The summed E-state index contributed by atoms with van der Waals surface area (Å²) in [7, 11) is -6.44. The van der Waals surface area contributed by atoms with Gasteiger partial charge in [0.25, 0.3) is 0 Å². The number of aliphatic carboxylic acids is 1. The molecule has 0 aromatic heterocycles. The van der Waals surface area contributed by atoms with E-state index in [2.05, 4.69) is 0 Å². The number of hydrogen-bond donors (Lipinski definition) is 1. The van der Waals surface area contributed by atoms with E-state index in [9.17, 15) is 21.6 Å². The normalized spacial score (nSPS) is 27.2. The first-order chi connectivity index (χ1) is 8.13. The van der Waals surface area contributed by atoms with Crippen LogP contribution in [0.15, 0.2) is 0 Å². The Hall–Kier alpha value is -0.630. The minimum atomic E-state index is -3.30. The van der Waals surface area contributed by atoms with Crippen molar-refractivity contribution >= 4 is 25.6 Å². The Morgan fingerprint density at radius 2 is 2.00 bits per heavy atom. The third-order valence-corrected chi connectivity index (χ3v) is 7.00. The number of carbonyl (C=O) groups is 1. The van der Waals surface area contributed by atoms with Gasteiger partial charge in [-0.25, -0.2) is 16.8 Å². The lowest BCUT2D eigenvalue weighted by atomic mass is 9.83. The number of hydrogen-bond acceptors (Lipinski definition) is 5. The van der Waals surface area contributed by atoms with Crippen LogP contribution in [0.2, 0.25) is 0 Å². The van der Waals surface area contributed by atoms with Gasteiger partial charge >= 0.3 is 5.97 Å². The third-order valence-electron chi connectivity index (χ3n) is 3.39. The van der Waals surface area contributed by atoms with E-state index < -0.39 is 31.1 Å². The zero-order valence-electron chi connectivity index (χ0n) is 10.3. The van der Waals surface area contributed by atoms with Crippen molar-refractivity contribution in [1.29, 1.82) is 0 Å². The molecule has 1 N–H and O–H groups in total. The summed E-state index contributed by atoms with van der Waals surface area (Å²) in [5.74, 6) is -1.71. The van der Waals surface area contributed by atoms with E-state index in [1.165, 1.54) is 6.92 Å². The van der Waals surface area contributed by atoms with E-state index >= 15 is 0 Å². The molecule has 0 saturated carbocycles. The van der Waals surface area contributed by atoms with Crippen LogP contribution in [-0.4, -0.2) is 50.9 Å². The fourth-order valence-corrected chi connectivity index (χ4v) is 5.14. The highest BCUT2D eigenvalue weighted by Gasteiger charge is 2.47. The van der Waals surface area contributed by atoms with Crippen molar-refractivity contribution in [2.24, 2.45) is 5.41 Å². The Bertz CT molecular complexity index is 519. The maximum atomic E-state index is 11.4. The Morgan fingerprint density at radius 3 is 2.39 bits per heavy atom. The standard InChI is InChI=1S/C10H18O6S2/c1-2-17(13,14)6-3-4-10(9(11)12)5-7-18(15,16)8-10/h2-8H2,1H3,(H,11,12). The summed E-state index contributed by atoms with van der Waals surface area (Å²) in [6, 6.07) is 0. The summed E-state index contributed by atoms with van der Waals surface area (Å²) in [6.45, 7) is 1.53. The Balaban J connectivity index is 2.70. The van der Waals surface area contributed by atoms with Gasteiger partial charge in [-0.15, -0.1) is 0 Å². The molecule has 1 atom stereocenters. The minimum absolute atomic E-state index is 0.0192. The highest BCUT2D eigenvalue weighted by Crippen LogP contribution is 2.37. The number of carboxylic acids is 1. The number of sulfone groups is 2. The van der Waals surface area contributed by atoms with Gasteiger partial charge in [0.1, 0.15) is 9.84 Å². The molecule has 0 aliphatic carbocycles. The zero-order chi connectivity index (χ0) is 14.0. The molecule has 18 heavy (non-hydrogen) atoms. The summed E-state index contributed by atoms with van der Waals surface area (Å²) >= 11 is 0. The van der Waals surface area contributed by atoms with Crippen molar-refractivity contribution in [1.82, 2.24) is 0 Å². The van der Waals surface area contributed by atoms with Crippen molar-refractivity contribution in [2.75, 3.05) is 23.0 Å². The highest BCUT2D eigenvalue weighted by atomic mass is 32.2. The fraction of sp³-hybridized carbons (Fsp3) is 0.900. The lowest BCUT2D eigenvalue weighted by Crippen LogP contribution is -2.33. The molecule has 1 fully saturated rings. The van der Waals surface area contributed by atoms with Crippen LogP contribution < -0.4 is 0 Å². The van der Waals surface area contributed by atoms with E-state index in [1.54, 1.807) is 0 Å². The van der Waals surface area contributed by atoms with Crippen LogP contribution in [0.4, 0.5) is 0 Å². The SMILES string of the molecule is CCS(=O)(=O)CCCC1(C(=O)O)CCS(=O)(=O)C1. The molecule has 106 valence electrons. The minimum Gasteiger partial charge on any atom is -0.481 e. The average Bonchev–Trinajstić information content (AvgIpc) is 2.55. The lowest BCUT2D eigenvalue weighted by molar-refractivity contribution is -0.147. The van der Waals surface area contributed by atoms with Crippen molar-refractivity contribution in [3.63, 3.8) is 0 Å². The monoisotopic (exact) mass is 298 g/mol. The molecule has 0 aromatic carbocycles. The maximum absolute atomic E-state index is 11.4. The molecule has 1 rings (SSSR count). The second-order valence-corrected chi connectivity index (χ2v) is 9.42. The first kappa shape index (κ1) is 15.4. The van der Waals surface area contributed by atoms with Crippen molar-refractivity contribution in [3.05, 3.63) is 0 Å². The molecule has 1 unspecified atom stereocenters. The largest absolute Gasteiger partial charge is 0.481 e.